The zero-order valence-corrected chi connectivity index (χ0v) is 12.3. The third kappa shape index (κ3) is 6.37. The minimum Gasteiger partial charge on any atom is -0.478 e. The van der Waals surface area contributed by atoms with Crippen molar-refractivity contribution in [3.05, 3.63) is 34.9 Å². The van der Waals surface area contributed by atoms with E-state index in [4.69, 9.17) is 14.6 Å². The van der Waals surface area contributed by atoms with E-state index in [0.29, 0.717) is 38.3 Å². The summed E-state index contributed by atoms with van der Waals surface area (Å²) >= 11 is 0. The van der Waals surface area contributed by atoms with E-state index in [2.05, 4.69) is 5.32 Å². The van der Waals surface area contributed by atoms with Gasteiger partial charge in [-0.3, -0.25) is 4.79 Å². The highest BCUT2D eigenvalue weighted by atomic mass is 16.5. The summed E-state index contributed by atoms with van der Waals surface area (Å²) in [6.07, 6.45) is 0.688. The maximum Gasteiger partial charge on any atom is 0.335 e. The first-order valence-corrected chi connectivity index (χ1v) is 6.74. The van der Waals surface area contributed by atoms with Crippen molar-refractivity contribution >= 4 is 11.9 Å². The first-order valence-electron chi connectivity index (χ1n) is 6.74. The summed E-state index contributed by atoms with van der Waals surface area (Å²) in [4.78, 5) is 22.9. The first-order chi connectivity index (χ1) is 10.0. The number of ether oxygens (including phenoxy) is 2. The number of methoxy groups -OCH3 is 1. The van der Waals surface area contributed by atoms with Crippen molar-refractivity contribution < 1.29 is 24.2 Å². The highest BCUT2D eigenvalue weighted by Crippen LogP contribution is 2.10. The second-order valence-corrected chi connectivity index (χ2v) is 4.61. The van der Waals surface area contributed by atoms with Crippen LogP contribution in [0.15, 0.2) is 18.2 Å². The average molecular weight is 295 g/mol. The van der Waals surface area contributed by atoms with Gasteiger partial charge >= 0.3 is 5.97 Å². The number of hydrogen-bond donors (Lipinski definition) is 2. The molecule has 6 heteroatoms. The van der Waals surface area contributed by atoms with E-state index >= 15 is 0 Å². The number of benzene rings is 1. The fourth-order valence-electron chi connectivity index (χ4n) is 1.76. The summed E-state index contributed by atoms with van der Waals surface area (Å²) in [6.45, 7) is 3.85. The number of carbonyl (C=O) groups is 2. The molecule has 0 radical (unpaired) electrons. The maximum atomic E-state index is 11.9. The minimum atomic E-state index is -1.04. The number of carboxylic acids is 1. The van der Waals surface area contributed by atoms with Gasteiger partial charge in [0.25, 0.3) is 5.91 Å². The van der Waals surface area contributed by atoms with Crippen LogP contribution in [0.3, 0.4) is 0 Å². The zero-order valence-electron chi connectivity index (χ0n) is 12.3. The molecule has 2 N–H and O–H groups in total. The highest BCUT2D eigenvalue weighted by molar-refractivity contribution is 5.97. The van der Waals surface area contributed by atoms with Crippen LogP contribution in [0.2, 0.25) is 0 Å². The van der Waals surface area contributed by atoms with E-state index in [-0.39, 0.29) is 11.5 Å². The summed E-state index contributed by atoms with van der Waals surface area (Å²) < 4.78 is 10.1. The van der Waals surface area contributed by atoms with E-state index in [1.165, 1.54) is 12.1 Å². The van der Waals surface area contributed by atoms with Crippen molar-refractivity contribution in [2.45, 2.75) is 13.3 Å². The number of carbonyl (C=O) groups excluding carboxylic acids is 1. The van der Waals surface area contributed by atoms with Gasteiger partial charge in [-0.25, -0.2) is 4.79 Å². The van der Waals surface area contributed by atoms with E-state index in [9.17, 15) is 9.59 Å². The molecular weight excluding hydrogens is 274 g/mol. The smallest absolute Gasteiger partial charge is 0.335 e. The molecule has 0 unspecified atom stereocenters. The van der Waals surface area contributed by atoms with Crippen molar-refractivity contribution in [2.24, 2.45) is 0 Å². The molecule has 0 bridgehead atoms. The molecule has 0 aliphatic heterocycles. The summed E-state index contributed by atoms with van der Waals surface area (Å²) in [6, 6.07) is 4.57. The Morgan fingerprint density at radius 3 is 2.52 bits per heavy atom. The van der Waals surface area contributed by atoms with Crippen LogP contribution < -0.4 is 5.32 Å². The molecule has 0 aromatic heterocycles. The van der Waals surface area contributed by atoms with Crippen LogP contribution in [-0.2, 0) is 9.47 Å². The molecule has 0 saturated heterocycles. The van der Waals surface area contributed by atoms with Gasteiger partial charge in [0, 0.05) is 25.8 Å². The monoisotopic (exact) mass is 295 g/mol. The lowest BCUT2D eigenvalue weighted by Crippen LogP contribution is -2.25. The molecule has 6 nitrogen and oxygen atoms in total. The van der Waals surface area contributed by atoms with Gasteiger partial charge in [-0.2, -0.15) is 0 Å². The van der Waals surface area contributed by atoms with Crippen LogP contribution in [0.1, 0.15) is 32.7 Å². The molecule has 0 spiro atoms. The Labute approximate surface area is 124 Å². The fraction of sp³-hybridized carbons (Fsp3) is 0.467. The second kappa shape index (κ2) is 9.10. The Morgan fingerprint density at radius 2 is 1.86 bits per heavy atom. The Balaban J connectivity index is 2.40. The number of rotatable bonds is 9. The SMILES string of the molecule is COCCOCCCNC(=O)c1cc(C)cc(C(=O)O)c1. The summed E-state index contributed by atoms with van der Waals surface area (Å²) in [5.74, 6) is -1.32. The molecule has 0 atom stereocenters. The topological polar surface area (TPSA) is 84.9 Å². The molecule has 0 saturated carbocycles. The molecule has 21 heavy (non-hydrogen) atoms. The zero-order chi connectivity index (χ0) is 15.7. The number of aromatic carboxylic acids is 1. The van der Waals surface area contributed by atoms with Crippen molar-refractivity contribution in [1.29, 1.82) is 0 Å². The van der Waals surface area contributed by atoms with E-state index in [1.54, 1.807) is 20.1 Å². The van der Waals surface area contributed by atoms with Crippen LogP contribution >= 0.6 is 0 Å². The minimum absolute atomic E-state index is 0.114. The Kier molecular flexibility index (Phi) is 7.42. The molecule has 1 amide bonds. The fourth-order valence-corrected chi connectivity index (χ4v) is 1.76. The van der Waals surface area contributed by atoms with Gasteiger partial charge < -0.3 is 19.9 Å². The predicted octanol–water partition coefficient (Wildman–Crippen LogP) is 1.48. The van der Waals surface area contributed by atoms with Crippen molar-refractivity contribution in [3.63, 3.8) is 0 Å². The average Bonchev–Trinajstić information content (AvgIpc) is 2.45. The summed E-state index contributed by atoms with van der Waals surface area (Å²) in [5, 5.41) is 11.7. The lowest BCUT2D eigenvalue weighted by molar-refractivity contribution is 0.0688. The van der Waals surface area contributed by atoms with Crippen LogP contribution in [-0.4, -0.2) is 50.5 Å². The summed E-state index contributed by atoms with van der Waals surface area (Å²) in [7, 11) is 1.61. The van der Waals surface area contributed by atoms with Crippen molar-refractivity contribution in [2.75, 3.05) is 33.5 Å². The van der Waals surface area contributed by atoms with Gasteiger partial charge in [0.2, 0.25) is 0 Å². The number of aryl methyl sites for hydroxylation is 1. The standard InChI is InChI=1S/C15H21NO5/c1-11-8-12(10-13(9-11)15(18)19)14(17)16-4-3-5-21-7-6-20-2/h8-10H,3-7H2,1-2H3,(H,16,17)(H,18,19). The lowest BCUT2D eigenvalue weighted by atomic mass is 10.1. The molecular formula is C15H21NO5. The van der Waals surface area contributed by atoms with Gasteiger partial charge in [0.1, 0.15) is 0 Å². The van der Waals surface area contributed by atoms with Gasteiger partial charge in [-0.15, -0.1) is 0 Å². The summed E-state index contributed by atoms with van der Waals surface area (Å²) in [5.41, 5.74) is 1.21. The molecule has 116 valence electrons. The van der Waals surface area contributed by atoms with Crippen LogP contribution in [0, 0.1) is 6.92 Å². The van der Waals surface area contributed by atoms with E-state index in [0.717, 1.165) is 5.56 Å². The largest absolute Gasteiger partial charge is 0.478 e. The molecule has 0 heterocycles. The van der Waals surface area contributed by atoms with Gasteiger partial charge in [0.05, 0.1) is 18.8 Å². The molecule has 0 fully saturated rings. The predicted molar refractivity (Wildman–Crippen MR) is 77.8 cm³/mol. The first kappa shape index (κ1) is 17.1. The molecule has 1 aromatic rings. The van der Waals surface area contributed by atoms with Gasteiger partial charge in [-0.05, 0) is 37.1 Å². The molecule has 0 aliphatic carbocycles. The van der Waals surface area contributed by atoms with Gasteiger partial charge in [0.15, 0.2) is 0 Å². The molecule has 0 aliphatic rings. The van der Waals surface area contributed by atoms with Gasteiger partial charge in [-0.1, -0.05) is 0 Å². The van der Waals surface area contributed by atoms with Crippen LogP contribution in [0.4, 0.5) is 0 Å². The number of carboxylic acid groups (broad SMARTS) is 1. The third-order valence-corrected chi connectivity index (χ3v) is 2.77. The van der Waals surface area contributed by atoms with Crippen LogP contribution in [0.5, 0.6) is 0 Å². The van der Waals surface area contributed by atoms with Crippen molar-refractivity contribution in [3.8, 4) is 0 Å². The lowest BCUT2D eigenvalue weighted by Gasteiger charge is -2.07. The number of hydrogen-bond acceptors (Lipinski definition) is 4. The maximum absolute atomic E-state index is 11.9. The normalized spacial score (nSPS) is 10.4. The molecule has 1 aromatic carbocycles. The van der Waals surface area contributed by atoms with E-state index < -0.39 is 5.97 Å². The number of nitrogens with one attached hydrogen (secondary N) is 1. The quantitative estimate of drug-likeness (QED) is 0.674. The van der Waals surface area contributed by atoms with E-state index in [1.807, 2.05) is 0 Å². The third-order valence-electron chi connectivity index (χ3n) is 2.77. The number of amides is 1. The Hall–Kier alpha value is -1.92. The highest BCUT2D eigenvalue weighted by Gasteiger charge is 2.10. The second-order valence-electron chi connectivity index (χ2n) is 4.61. The Morgan fingerprint density at radius 1 is 1.14 bits per heavy atom. The Bertz CT molecular complexity index is 487. The van der Waals surface area contributed by atoms with Crippen molar-refractivity contribution in [1.82, 2.24) is 5.32 Å². The molecule has 1 rings (SSSR count). The van der Waals surface area contributed by atoms with Crippen LogP contribution in [0.25, 0.3) is 0 Å².